The molecular formula is C18H19N3O4. The second-order valence-electron chi connectivity index (χ2n) is 5.84. The van der Waals surface area contributed by atoms with E-state index in [0.29, 0.717) is 11.3 Å². The Balaban J connectivity index is 1.74. The molecule has 0 spiro atoms. The second-order valence-corrected chi connectivity index (χ2v) is 5.84. The molecule has 1 amide bonds. The zero-order valence-corrected chi connectivity index (χ0v) is 13.9. The fraction of sp³-hybridized carbons (Fsp3) is 0.278. The van der Waals surface area contributed by atoms with Crippen molar-refractivity contribution in [3.8, 4) is 5.75 Å². The minimum Gasteiger partial charge on any atom is -0.494 e. The van der Waals surface area contributed by atoms with E-state index in [1.165, 1.54) is 38.2 Å². The van der Waals surface area contributed by atoms with E-state index in [4.69, 9.17) is 4.74 Å². The predicted molar refractivity (Wildman–Crippen MR) is 95.5 cm³/mol. The fourth-order valence-electron chi connectivity index (χ4n) is 2.89. The number of nitro benzene ring substituents is 1. The highest BCUT2D eigenvalue weighted by molar-refractivity contribution is 6.05. The number of anilines is 2. The molecule has 2 aromatic rings. The molecule has 0 atom stereocenters. The van der Waals surface area contributed by atoms with Gasteiger partial charge in [0.2, 0.25) is 0 Å². The first-order valence-electron chi connectivity index (χ1n) is 8.07. The van der Waals surface area contributed by atoms with E-state index in [1.54, 1.807) is 12.1 Å². The van der Waals surface area contributed by atoms with Gasteiger partial charge in [-0.25, -0.2) is 0 Å². The van der Waals surface area contributed by atoms with E-state index < -0.39 is 4.92 Å². The van der Waals surface area contributed by atoms with Gasteiger partial charge in [-0.15, -0.1) is 0 Å². The van der Waals surface area contributed by atoms with Gasteiger partial charge in [-0.1, -0.05) is 0 Å². The molecule has 0 radical (unpaired) electrons. The number of non-ortho nitro benzene ring substituents is 1. The number of methoxy groups -OCH3 is 1. The van der Waals surface area contributed by atoms with Crippen LogP contribution < -0.4 is 15.0 Å². The van der Waals surface area contributed by atoms with Gasteiger partial charge in [0, 0.05) is 30.4 Å². The molecule has 7 nitrogen and oxygen atoms in total. The lowest BCUT2D eigenvalue weighted by Crippen LogP contribution is -2.18. The monoisotopic (exact) mass is 341 g/mol. The van der Waals surface area contributed by atoms with Crippen molar-refractivity contribution in [2.24, 2.45) is 0 Å². The molecule has 0 saturated carbocycles. The van der Waals surface area contributed by atoms with Gasteiger partial charge in [0.15, 0.2) is 0 Å². The lowest BCUT2D eigenvalue weighted by Gasteiger charge is -2.17. The summed E-state index contributed by atoms with van der Waals surface area (Å²) in [6, 6.07) is 11.5. The quantitative estimate of drug-likeness (QED) is 0.665. The van der Waals surface area contributed by atoms with Crippen LogP contribution in [0.15, 0.2) is 42.5 Å². The number of amides is 1. The summed E-state index contributed by atoms with van der Waals surface area (Å²) in [5.41, 5.74) is 1.93. The number of nitro groups is 1. The number of carbonyl (C=O) groups excluding carboxylic acids is 1. The highest BCUT2D eigenvalue weighted by Gasteiger charge is 2.16. The van der Waals surface area contributed by atoms with Crippen molar-refractivity contribution < 1.29 is 14.5 Å². The molecule has 1 fully saturated rings. The number of carbonyl (C=O) groups is 1. The Kier molecular flexibility index (Phi) is 4.83. The van der Waals surface area contributed by atoms with Crippen molar-refractivity contribution >= 4 is 23.0 Å². The highest BCUT2D eigenvalue weighted by atomic mass is 16.6. The average molecular weight is 341 g/mol. The number of nitrogens with one attached hydrogen (secondary N) is 1. The molecule has 1 aliphatic heterocycles. The van der Waals surface area contributed by atoms with E-state index in [2.05, 4.69) is 10.2 Å². The van der Waals surface area contributed by atoms with Crippen molar-refractivity contribution in [2.45, 2.75) is 12.8 Å². The van der Waals surface area contributed by atoms with Crippen LogP contribution in [0.1, 0.15) is 23.2 Å². The Bertz CT molecular complexity index is 783. The normalized spacial score (nSPS) is 13.6. The molecule has 1 aliphatic rings. The zero-order chi connectivity index (χ0) is 17.8. The van der Waals surface area contributed by atoms with Crippen molar-refractivity contribution in [3.05, 3.63) is 58.1 Å². The number of hydrogen-bond acceptors (Lipinski definition) is 5. The summed E-state index contributed by atoms with van der Waals surface area (Å²) in [5, 5.41) is 13.6. The number of ether oxygens (including phenoxy) is 1. The van der Waals surface area contributed by atoms with Crippen molar-refractivity contribution in [3.63, 3.8) is 0 Å². The van der Waals surface area contributed by atoms with E-state index >= 15 is 0 Å². The van der Waals surface area contributed by atoms with Gasteiger partial charge in [0.25, 0.3) is 11.6 Å². The van der Waals surface area contributed by atoms with Crippen LogP contribution in [0.2, 0.25) is 0 Å². The van der Waals surface area contributed by atoms with Crippen molar-refractivity contribution in [1.82, 2.24) is 0 Å². The van der Waals surface area contributed by atoms with Crippen LogP contribution in [0.5, 0.6) is 5.75 Å². The van der Waals surface area contributed by atoms with Crippen LogP contribution in [0.3, 0.4) is 0 Å². The van der Waals surface area contributed by atoms with Gasteiger partial charge in [-0.2, -0.15) is 0 Å². The van der Waals surface area contributed by atoms with Gasteiger partial charge < -0.3 is 15.0 Å². The molecule has 130 valence electrons. The molecule has 0 aliphatic carbocycles. The fourth-order valence-corrected chi connectivity index (χ4v) is 2.89. The summed E-state index contributed by atoms with van der Waals surface area (Å²) < 4.78 is 5.13. The Morgan fingerprint density at radius 2 is 1.84 bits per heavy atom. The highest BCUT2D eigenvalue weighted by Crippen LogP contribution is 2.29. The van der Waals surface area contributed by atoms with Gasteiger partial charge in [0.1, 0.15) is 5.75 Å². The molecule has 25 heavy (non-hydrogen) atoms. The maximum absolute atomic E-state index is 12.4. The number of benzene rings is 2. The third kappa shape index (κ3) is 3.71. The minimum absolute atomic E-state index is 0.0928. The first-order chi connectivity index (χ1) is 12.1. The molecule has 0 bridgehead atoms. The number of rotatable bonds is 5. The molecule has 1 heterocycles. The lowest BCUT2D eigenvalue weighted by molar-refractivity contribution is -0.384. The van der Waals surface area contributed by atoms with Crippen molar-refractivity contribution in [1.29, 1.82) is 0 Å². The summed E-state index contributed by atoms with van der Waals surface area (Å²) >= 11 is 0. The molecule has 3 rings (SSSR count). The van der Waals surface area contributed by atoms with Crippen LogP contribution in [0.25, 0.3) is 0 Å². The zero-order valence-electron chi connectivity index (χ0n) is 13.9. The summed E-state index contributed by atoms with van der Waals surface area (Å²) in [5.74, 6) is -0.0450. The van der Waals surface area contributed by atoms with E-state index in [9.17, 15) is 14.9 Å². The lowest BCUT2D eigenvalue weighted by atomic mass is 10.1. The van der Waals surface area contributed by atoms with Crippen LogP contribution in [0.4, 0.5) is 17.1 Å². The van der Waals surface area contributed by atoms with Gasteiger partial charge in [-0.05, 0) is 43.2 Å². The number of nitrogens with zero attached hydrogens (tertiary/aromatic N) is 2. The third-order valence-corrected chi connectivity index (χ3v) is 4.24. The SMILES string of the molecule is COc1cc([N+](=O)[O-])ccc1NC(=O)c1ccc(N2CCCC2)cc1. The molecule has 1 saturated heterocycles. The first-order valence-corrected chi connectivity index (χ1v) is 8.07. The Morgan fingerprint density at radius 3 is 2.44 bits per heavy atom. The first kappa shape index (κ1) is 16.8. The predicted octanol–water partition coefficient (Wildman–Crippen LogP) is 3.46. The third-order valence-electron chi connectivity index (χ3n) is 4.24. The Hall–Kier alpha value is -3.09. The molecule has 2 aromatic carbocycles. The molecule has 7 heteroatoms. The van der Waals surface area contributed by atoms with Crippen LogP contribution in [-0.4, -0.2) is 31.0 Å². The van der Waals surface area contributed by atoms with Gasteiger partial charge in [-0.3, -0.25) is 14.9 Å². The van der Waals surface area contributed by atoms with E-state index in [1.807, 2.05) is 12.1 Å². The van der Waals surface area contributed by atoms with Crippen LogP contribution in [-0.2, 0) is 0 Å². The topological polar surface area (TPSA) is 84.7 Å². The summed E-state index contributed by atoms with van der Waals surface area (Å²) in [7, 11) is 1.40. The molecule has 0 unspecified atom stereocenters. The van der Waals surface area contributed by atoms with Gasteiger partial charge in [0.05, 0.1) is 23.8 Å². The molecular weight excluding hydrogens is 322 g/mol. The van der Waals surface area contributed by atoms with Crippen LogP contribution >= 0.6 is 0 Å². The molecule has 1 N–H and O–H groups in total. The largest absolute Gasteiger partial charge is 0.494 e. The standard InChI is InChI=1S/C18H19N3O4/c1-25-17-12-15(21(23)24)8-9-16(17)19-18(22)13-4-6-14(7-5-13)20-10-2-3-11-20/h4-9,12H,2-3,10-11H2,1H3,(H,19,22). The number of hydrogen-bond donors (Lipinski definition) is 1. The summed E-state index contributed by atoms with van der Waals surface area (Å²) in [6.07, 6.45) is 2.39. The Morgan fingerprint density at radius 1 is 1.16 bits per heavy atom. The average Bonchev–Trinajstić information content (AvgIpc) is 3.16. The van der Waals surface area contributed by atoms with E-state index in [-0.39, 0.29) is 17.3 Å². The molecule has 0 aromatic heterocycles. The minimum atomic E-state index is -0.509. The van der Waals surface area contributed by atoms with Crippen LogP contribution in [0, 0.1) is 10.1 Å². The second kappa shape index (κ2) is 7.21. The summed E-state index contributed by atoms with van der Waals surface area (Å²) in [6.45, 7) is 2.09. The van der Waals surface area contributed by atoms with E-state index in [0.717, 1.165) is 18.8 Å². The van der Waals surface area contributed by atoms with Crippen molar-refractivity contribution in [2.75, 3.05) is 30.4 Å². The maximum atomic E-state index is 12.4. The smallest absolute Gasteiger partial charge is 0.273 e. The summed E-state index contributed by atoms with van der Waals surface area (Å²) in [4.78, 5) is 25.0. The van der Waals surface area contributed by atoms with Gasteiger partial charge >= 0.3 is 0 Å². The maximum Gasteiger partial charge on any atom is 0.273 e. The Labute approximate surface area is 145 Å².